The summed E-state index contributed by atoms with van der Waals surface area (Å²) in [4.78, 5) is 8.42. The normalized spacial score (nSPS) is 12.8. The van der Waals surface area contributed by atoms with Crippen LogP contribution >= 0.6 is 24.0 Å². The van der Waals surface area contributed by atoms with E-state index in [2.05, 4.69) is 30.5 Å². The topological polar surface area (TPSA) is 103 Å². The summed E-state index contributed by atoms with van der Waals surface area (Å²) in [7, 11) is 1.61. The van der Waals surface area contributed by atoms with Crippen molar-refractivity contribution in [1.29, 1.82) is 0 Å². The lowest BCUT2D eigenvalue weighted by Gasteiger charge is -2.15. The Hall–Kier alpha value is -2.38. The van der Waals surface area contributed by atoms with Crippen LogP contribution in [0.15, 0.2) is 21.6 Å². The smallest absolute Gasteiger partial charge is 0.387 e. The lowest BCUT2D eigenvalue weighted by molar-refractivity contribution is -0.0505. The van der Waals surface area contributed by atoms with Crippen LogP contribution in [-0.2, 0) is 13.0 Å². The molecular weight excluding hydrogens is 515 g/mol. The molecule has 1 aliphatic rings. The van der Waals surface area contributed by atoms with E-state index in [0.29, 0.717) is 47.7 Å². The monoisotopic (exact) mass is 539 g/mol. The Kier molecular flexibility index (Phi) is 8.87. The summed E-state index contributed by atoms with van der Waals surface area (Å²) in [6.07, 6.45) is 0.518. The van der Waals surface area contributed by atoms with Crippen LogP contribution in [-0.4, -0.2) is 43.1 Å². The predicted molar refractivity (Wildman–Crippen MR) is 115 cm³/mol. The van der Waals surface area contributed by atoms with Crippen LogP contribution in [0.4, 0.5) is 8.78 Å². The van der Waals surface area contributed by atoms with E-state index < -0.39 is 6.61 Å². The zero-order chi connectivity index (χ0) is 20.8. The number of guanidine groups is 1. The number of hydrogen-bond donors (Lipinski definition) is 2. The van der Waals surface area contributed by atoms with Crippen LogP contribution in [0.2, 0.25) is 0 Å². The molecule has 30 heavy (non-hydrogen) atoms. The van der Waals surface area contributed by atoms with Crippen LogP contribution in [0, 0.1) is 0 Å². The van der Waals surface area contributed by atoms with Crippen molar-refractivity contribution in [2.45, 2.75) is 39.3 Å². The first kappa shape index (κ1) is 23.9. The molecule has 0 amide bonds. The Morgan fingerprint density at radius 1 is 1.23 bits per heavy atom. The van der Waals surface area contributed by atoms with Crippen molar-refractivity contribution in [1.82, 2.24) is 20.8 Å². The molecule has 0 bridgehead atoms. The fourth-order valence-corrected chi connectivity index (χ4v) is 2.60. The van der Waals surface area contributed by atoms with Gasteiger partial charge in [0.2, 0.25) is 12.7 Å². The second-order valence-corrected chi connectivity index (χ2v) is 6.50. The highest BCUT2D eigenvalue weighted by Gasteiger charge is 2.20. The minimum absolute atomic E-state index is 0. The number of nitrogens with one attached hydrogen (secondary N) is 2. The van der Waals surface area contributed by atoms with Crippen molar-refractivity contribution < 1.29 is 27.5 Å². The molecule has 0 atom stereocenters. The second-order valence-electron chi connectivity index (χ2n) is 6.50. The van der Waals surface area contributed by atoms with Gasteiger partial charge >= 0.3 is 6.61 Å². The van der Waals surface area contributed by atoms with E-state index in [-0.39, 0.29) is 49.0 Å². The molecule has 3 rings (SSSR count). The standard InChI is InChI=1S/C18H23F2N5O4.HI/c1-10(2)16-24-15(29-25-16)4-5-22-18(21-3)23-8-11-6-13-14(27-9-26-13)7-12(11)28-17(19)20;/h6-7,10,17H,4-5,8-9H2,1-3H3,(H2,21,22,23);1H. The molecule has 0 aliphatic carbocycles. The Morgan fingerprint density at radius 3 is 2.60 bits per heavy atom. The summed E-state index contributed by atoms with van der Waals surface area (Å²) in [5, 5.41) is 10.1. The van der Waals surface area contributed by atoms with Gasteiger partial charge in [0.1, 0.15) is 5.75 Å². The number of aromatic nitrogens is 2. The van der Waals surface area contributed by atoms with Crippen molar-refractivity contribution in [3.05, 3.63) is 29.4 Å². The third-order valence-corrected chi connectivity index (χ3v) is 4.07. The molecule has 2 N–H and O–H groups in total. The van der Waals surface area contributed by atoms with Crippen LogP contribution in [0.1, 0.15) is 37.0 Å². The van der Waals surface area contributed by atoms with E-state index in [0.717, 1.165) is 0 Å². The molecule has 2 heterocycles. The van der Waals surface area contributed by atoms with E-state index in [4.69, 9.17) is 14.0 Å². The van der Waals surface area contributed by atoms with Gasteiger partial charge in [-0.25, -0.2) is 0 Å². The van der Waals surface area contributed by atoms with Crippen molar-refractivity contribution in [2.24, 2.45) is 4.99 Å². The molecular formula is C18H24F2IN5O4. The van der Waals surface area contributed by atoms with Gasteiger partial charge in [-0.2, -0.15) is 13.8 Å². The lowest BCUT2D eigenvalue weighted by Crippen LogP contribution is -2.38. The molecule has 1 aromatic carbocycles. The average Bonchev–Trinajstić information content (AvgIpc) is 3.33. The molecule has 9 nitrogen and oxygen atoms in total. The van der Waals surface area contributed by atoms with Gasteiger partial charge in [0.15, 0.2) is 23.3 Å². The third-order valence-electron chi connectivity index (χ3n) is 4.07. The zero-order valence-corrected chi connectivity index (χ0v) is 19.1. The van der Waals surface area contributed by atoms with Gasteiger partial charge in [0.25, 0.3) is 0 Å². The SMILES string of the molecule is CN=C(NCCc1nc(C(C)C)no1)NCc1cc2c(cc1OC(F)F)OCO2.I. The Balaban J connectivity index is 0.00000320. The summed E-state index contributed by atoms with van der Waals surface area (Å²) < 4.78 is 45.8. The first-order valence-electron chi connectivity index (χ1n) is 9.10. The highest BCUT2D eigenvalue weighted by atomic mass is 127. The maximum Gasteiger partial charge on any atom is 0.387 e. The first-order valence-corrected chi connectivity index (χ1v) is 9.10. The molecule has 0 spiro atoms. The van der Waals surface area contributed by atoms with E-state index in [1.807, 2.05) is 13.8 Å². The van der Waals surface area contributed by atoms with Gasteiger partial charge in [-0.15, -0.1) is 24.0 Å². The fourth-order valence-electron chi connectivity index (χ4n) is 2.60. The molecule has 0 saturated carbocycles. The summed E-state index contributed by atoms with van der Waals surface area (Å²) >= 11 is 0. The van der Waals surface area contributed by atoms with Crippen LogP contribution in [0.25, 0.3) is 0 Å². The minimum atomic E-state index is -2.95. The molecule has 166 valence electrons. The first-order chi connectivity index (χ1) is 14.0. The predicted octanol–water partition coefficient (Wildman–Crippen LogP) is 3.05. The van der Waals surface area contributed by atoms with Crippen molar-refractivity contribution in [3.63, 3.8) is 0 Å². The summed E-state index contributed by atoms with van der Waals surface area (Å²) in [5.74, 6) is 2.72. The molecule has 0 saturated heterocycles. The number of nitrogens with zero attached hydrogens (tertiary/aromatic N) is 3. The van der Waals surface area contributed by atoms with Crippen molar-refractivity contribution >= 4 is 29.9 Å². The quantitative estimate of drug-likeness (QED) is 0.300. The number of alkyl halides is 2. The highest BCUT2D eigenvalue weighted by molar-refractivity contribution is 14.0. The molecule has 2 aromatic rings. The lowest BCUT2D eigenvalue weighted by atomic mass is 10.1. The highest BCUT2D eigenvalue weighted by Crippen LogP contribution is 2.38. The maximum absolute atomic E-state index is 12.7. The van der Waals surface area contributed by atoms with Crippen molar-refractivity contribution in [2.75, 3.05) is 20.4 Å². The molecule has 1 aromatic heterocycles. The van der Waals surface area contributed by atoms with Crippen LogP contribution in [0.3, 0.4) is 0 Å². The number of ether oxygens (including phenoxy) is 3. The molecule has 0 unspecified atom stereocenters. The second kappa shape index (κ2) is 11.1. The largest absolute Gasteiger partial charge is 0.454 e. The van der Waals surface area contributed by atoms with Gasteiger partial charge in [0, 0.05) is 44.1 Å². The molecule has 1 aliphatic heterocycles. The van der Waals surface area contributed by atoms with Gasteiger partial charge in [-0.05, 0) is 6.07 Å². The number of aliphatic imine (C=N–C) groups is 1. The van der Waals surface area contributed by atoms with E-state index in [1.54, 1.807) is 13.1 Å². The summed E-state index contributed by atoms with van der Waals surface area (Å²) in [6.45, 7) is 1.76. The Labute approximate surface area is 189 Å². The van der Waals surface area contributed by atoms with E-state index >= 15 is 0 Å². The van der Waals surface area contributed by atoms with Gasteiger partial charge in [0.05, 0.1) is 0 Å². The Morgan fingerprint density at radius 2 is 1.97 bits per heavy atom. The van der Waals surface area contributed by atoms with E-state index in [1.165, 1.54) is 6.07 Å². The maximum atomic E-state index is 12.7. The van der Waals surface area contributed by atoms with Gasteiger partial charge in [-0.3, -0.25) is 4.99 Å². The fraction of sp³-hybridized carbons (Fsp3) is 0.500. The molecule has 12 heteroatoms. The number of hydrogen-bond acceptors (Lipinski definition) is 7. The summed E-state index contributed by atoms with van der Waals surface area (Å²) in [6, 6.07) is 3.00. The number of rotatable bonds is 8. The number of fused-ring (bicyclic) bond motifs is 1. The van der Waals surface area contributed by atoms with Crippen LogP contribution in [0.5, 0.6) is 17.2 Å². The average molecular weight is 539 g/mol. The minimum Gasteiger partial charge on any atom is -0.454 e. The van der Waals surface area contributed by atoms with Gasteiger partial charge in [-0.1, -0.05) is 19.0 Å². The van der Waals surface area contributed by atoms with Gasteiger partial charge < -0.3 is 29.4 Å². The molecule has 0 radical (unpaired) electrons. The summed E-state index contributed by atoms with van der Waals surface area (Å²) in [5.41, 5.74) is 0.482. The number of halogens is 3. The van der Waals surface area contributed by atoms with E-state index in [9.17, 15) is 8.78 Å². The van der Waals surface area contributed by atoms with Crippen LogP contribution < -0.4 is 24.8 Å². The third kappa shape index (κ3) is 6.31. The Bertz CT molecular complexity index is 863. The molecule has 0 fully saturated rings. The zero-order valence-electron chi connectivity index (χ0n) is 16.8. The van der Waals surface area contributed by atoms with Crippen molar-refractivity contribution in [3.8, 4) is 17.2 Å². The number of benzene rings is 1.